The second-order valence-corrected chi connectivity index (χ2v) is 2.09. The second-order valence-electron chi connectivity index (χ2n) is 0.972. The van der Waals surface area contributed by atoms with Gasteiger partial charge in [-0.3, -0.25) is 0 Å². The molecule has 0 rings (SSSR count). The third-order valence-corrected chi connectivity index (χ3v) is 0.992. The number of hydrogen-bond donors (Lipinski definition) is 1. The molecule has 4 heteroatoms. The lowest BCUT2D eigenvalue weighted by molar-refractivity contribution is 0.206. The summed E-state index contributed by atoms with van der Waals surface area (Å²) in [5, 5.41) is 7.93. The molecule has 0 aromatic carbocycles. The standard InChI is InChI=1S/C4H7NO2S/c1-2-8-3-5-4(6)7/h3H,2H2,1H3,(H,6,7). The zero-order valence-electron chi connectivity index (χ0n) is 4.50. The Hall–Kier alpha value is -0.510. The van der Waals surface area contributed by atoms with Crippen LogP contribution in [0, 0.1) is 0 Å². The summed E-state index contributed by atoms with van der Waals surface area (Å²) in [6, 6.07) is 0. The van der Waals surface area contributed by atoms with Crippen molar-refractivity contribution in [2.45, 2.75) is 6.92 Å². The lowest BCUT2D eigenvalue weighted by atomic mass is 11.0. The van der Waals surface area contributed by atoms with Crippen molar-refractivity contribution in [1.29, 1.82) is 0 Å². The van der Waals surface area contributed by atoms with Gasteiger partial charge in [-0.05, 0) is 5.75 Å². The zero-order chi connectivity index (χ0) is 6.41. The van der Waals surface area contributed by atoms with Crippen LogP contribution in [0.1, 0.15) is 6.92 Å². The van der Waals surface area contributed by atoms with E-state index in [9.17, 15) is 4.79 Å². The number of rotatable bonds is 2. The lowest BCUT2D eigenvalue weighted by Gasteiger charge is -1.79. The zero-order valence-corrected chi connectivity index (χ0v) is 5.31. The summed E-state index contributed by atoms with van der Waals surface area (Å²) in [4.78, 5) is 12.7. The van der Waals surface area contributed by atoms with Gasteiger partial charge in [-0.25, -0.2) is 4.79 Å². The normalized spacial score (nSPS) is 10.1. The molecule has 0 heterocycles. The maximum Gasteiger partial charge on any atom is 0.431 e. The van der Waals surface area contributed by atoms with Crippen molar-refractivity contribution >= 4 is 23.4 Å². The monoisotopic (exact) mass is 133 g/mol. The van der Waals surface area contributed by atoms with E-state index in [-0.39, 0.29) is 0 Å². The summed E-state index contributed by atoms with van der Waals surface area (Å²) in [7, 11) is 0. The van der Waals surface area contributed by atoms with Gasteiger partial charge >= 0.3 is 6.09 Å². The molecular formula is C4H7NO2S. The number of thioether (sulfide) groups is 1. The van der Waals surface area contributed by atoms with E-state index in [4.69, 9.17) is 5.11 Å². The fourth-order valence-corrected chi connectivity index (χ4v) is 0.471. The Morgan fingerprint density at radius 3 is 3.00 bits per heavy atom. The Bertz CT molecular complexity index is 102. The van der Waals surface area contributed by atoms with Crippen LogP contribution in [-0.2, 0) is 0 Å². The molecule has 0 radical (unpaired) electrons. The van der Waals surface area contributed by atoms with Gasteiger partial charge in [-0.1, -0.05) is 6.92 Å². The second kappa shape index (κ2) is 4.64. The van der Waals surface area contributed by atoms with E-state index in [2.05, 4.69) is 4.99 Å². The van der Waals surface area contributed by atoms with Crippen molar-refractivity contribution in [3.8, 4) is 0 Å². The first-order chi connectivity index (χ1) is 3.77. The molecular weight excluding hydrogens is 126 g/mol. The number of carbonyl (C=O) groups is 1. The van der Waals surface area contributed by atoms with Crippen molar-refractivity contribution in [3.63, 3.8) is 0 Å². The van der Waals surface area contributed by atoms with Crippen LogP contribution < -0.4 is 0 Å². The SMILES string of the molecule is CCSC=NC(=O)O. The van der Waals surface area contributed by atoms with Crippen LogP contribution in [0.5, 0.6) is 0 Å². The molecule has 0 aromatic heterocycles. The Kier molecular flexibility index (Phi) is 4.35. The van der Waals surface area contributed by atoms with E-state index >= 15 is 0 Å². The van der Waals surface area contributed by atoms with Crippen LogP contribution in [-0.4, -0.2) is 22.5 Å². The predicted molar refractivity (Wildman–Crippen MR) is 34.6 cm³/mol. The Morgan fingerprint density at radius 2 is 2.62 bits per heavy atom. The third-order valence-electron chi connectivity index (χ3n) is 0.404. The van der Waals surface area contributed by atoms with Gasteiger partial charge in [0.15, 0.2) is 0 Å². The molecule has 0 aliphatic rings. The third kappa shape index (κ3) is 5.49. The highest BCUT2D eigenvalue weighted by Crippen LogP contribution is 1.90. The molecule has 8 heavy (non-hydrogen) atoms. The molecule has 0 spiro atoms. The van der Waals surface area contributed by atoms with Crippen LogP contribution in [0.25, 0.3) is 0 Å². The van der Waals surface area contributed by atoms with E-state index in [1.165, 1.54) is 17.3 Å². The fourth-order valence-electron chi connectivity index (χ4n) is 0.157. The quantitative estimate of drug-likeness (QED) is 0.458. The van der Waals surface area contributed by atoms with E-state index in [1.807, 2.05) is 6.92 Å². The Morgan fingerprint density at radius 1 is 2.00 bits per heavy atom. The Balaban J connectivity index is 3.20. The molecule has 1 amide bonds. The molecule has 3 nitrogen and oxygen atoms in total. The van der Waals surface area contributed by atoms with Crippen LogP contribution >= 0.6 is 11.8 Å². The first kappa shape index (κ1) is 7.49. The smallest absolute Gasteiger partial charge is 0.431 e. The first-order valence-electron chi connectivity index (χ1n) is 2.14. The highest BCUT2D eigenvalue weighted by atomic mass is 32.2. The summed E-state index contributed by atoms with van der Waals surface area (Å²) in [6.07, 6.45) is -1.13. The van der Waals surface area contributed by atoms with Gasteiger partial charge in [0.25, 0.3) is 0 Å². The fraction of sp³-hybridized carbons (Fsp3) is 0.500. The van der Waals surface area contributed by atoms with Gasteiger partial charge in [0.2, 0.25) is 0 Å². The minimum atomic E-state index is -1.13. The molecule has 0 aliphatic carbocycles. The maximum atomic E-state index is 9.66. The van der Waals surface area contributed by atoms with Crippen LogP contribution in [0.3, 0.4) is 0 Å². The molecule has 0 saturated heterocycles. The number of aliphatic imine (C=N–C) groups is 1. The van der Waals surface area contributed by atoms with Gasteiger partial charge in [0.05, 0.1) is 5.55 Å². The van der Waals surface area contributed by atoms with Crippen molar-refractivity contribution < 1.29 is 9.90 Å². The lowest BCUT2D eigenvalue weighted by Crippen LogP contribution is -1.83. The summed E-state index contributed by atoms with van der Waals surface area (Å²) < 4.78 is 0. The van der Waals surface area contributed by atoms with Crippen molar-refractivity contribution in [3.05, 3.63) is 0 Å². The van der Waals surface area contributed by atoms with Gasteiger partial charge in [-0.15, -0.1) is 11.8 Å². The van der Waals surface area contributed by atoms with Gasteiger partial charge in [0.1, 0.15) is 0 Å². The Labute approximate surface area is 51.8 Å². The average Bonchev–Trinajstić information content (AvgIpc) is 1.66. The van der Waals surface area contributed by atoms with E-state index < -0.39 is 6.09 Å². The minimum absolute atomic E-state index is 0.858. The highest BCUT2D eigenvalue weighted by molar-refractivity contribution is 8.12. The number of nitrogens with zero attached hydrogens (tertiary/aromatic N) is 1. The summed E-state index contributed by atoms with van der Waals surface area (Å²) in [5.74, 6) is 0.858. The van der Waals surface area contributed by atoms with E-state index in [1.54, 1.807) is 0 Å². The van der Waals surface area contributed by atoms with Crippen molar-refractivity contribution in [2.24, 2.45) is 4.99 Å². The van der Waals surface area contributed by atoms with Crippen molar-refractivity contribution in [2.75, 3.05) is 5.75 Å². The van der Waals surface area contributed by atoms with Gasteiger partial charge < -0.3 is 5.11 Å². The molecule has 1 N–H and O–H groups in total. The number of amides is 1. The summed E-state index contributed by atoms with van der Waals surface area (Å²) in [5.41, 5.74) is 1.32. The molecule has 0 fully saturated rings. The van der Waals surface area contributed by atoms with Gasteiger partial charge in [-0.2, -0.15) is 4.99 Å². The van der Waals surface area contributed by atoms with Gasteiger partial charge in [0, 0.05) is 0 Å². The first-order valence-corrected chi connectivity index (χ1v) is 3.19. The maximum absolute atomic E-state index is 9.66. The number of carboxylic acid groups (broad SMARTS) is 1. The van der Waals surface area contributed by atoms with Crippen LogP contribution in [0.15, 0.2) is 4.99 Å². The van der Waals surface area contributed by atoms with Crippen LogP contribution in [0.4, 0.5) is 4.79 Å². The predicted octanol–water partition coefficient (Wildman–Crippen LogP) is 1.45. The molecule has 0 atom stereocenters. The summed E-state index contributed by atoms with van der Waals surface area (Å²) >= 11 is 1.36. The molecule has 0 saturated carbocycles. The van der Waals surface area contributed by atoms with Crippen molar-refractivity contribution in [1.82, 2.24) is 0 Å². The van der Waals surface area contributed by atoms with E-state index in [0.29, 0.717) is 0 Å². The molecule has 0 unspecified atom stereocenters. The number of hydrogen-bond acceptors (Lipinski definition) is 2. The molecule has 0 aliphatic heterocycles. The molecule has 0 aromatic rings. The molecule has 46 valence electrons. The average molecular weight is 133 g/mol. The van der Waals surface area contributed by atoms with E-state index in [0.717, 1.165) is 5.75 Å². The highest BCUT2D eigenvalue weighted by Gasteiger charge is 1.82. The summed E-state index contributed by atoms with van der Waals surface area (Å²) in [6.45, 7) is 1.93. The minimum Gasteiger partial charge on any atom is -0.463 e. The topological polar surface area (TPSA) is 49.7 Å². The largest absolute Gasteiger partial charge is 0.463 e. The molecule has 0 bridgehead atoms. The van der Waals surface area contributed by atoms with Crippen LogP contribution in [0.2, 0.25) is 0 Å².